The Hall–Kier alpha value is -3.14. The SMILES string of the molecule is CN(CCOC(=O)C1CCCCC1)C(=O)n1ccc2c(NC3C4CC5C[C@H]3CC(O)(C5)C4)c(C(N)=O)cnc21. The maximum atomic E-state index is 13.3. The first-order valence-electron chi connectivity index (χ1n) is 14.4. The number of aromatic nitrogens is 2. The van der Waals surface area contributed by atoms with E-state index in [-0.39, 0.29) is 37.1 Å². The Kier molecular flexibility index (Phi) is 6.77. The van der Waals surface area contributed by atoms with Crippen molar-refractivity contribution < 1.29 is 24.2 Å². The number of esters is 1. The van der Waals surface area contributed by atoms with E-state index in [1.807, 2.05) is 0 Å². The fraction of sp³-hybridized carbons (Fsp3) is 0.655. The predicted octanol–water partition coefficient (Wildman–Crippen LogP) is 3.51. The van der Waals surface area contributed by atoms with Gasteiger partial charge in [-0.2, -0.15) is 0 Å². The van der Waals surface area contributed by atoms with Gasteiger partial charge in [0.15, 0.2) is 0 Å². The van der Waals surface area contributed by atoms with Crippen LogP contribution in [0.15, 0.2) is 18.5 Å². The van der Waals surface area contributed by atoms with Crippen molar-refractivity contribution in [3.8, 4) is 0 Å². The molecule has 210 valence electrons. The van der Waals surface area contributed by atoms with Crippen LogP contribution in [0.2, 0.25) is 0 Å². The molecule has 0 radical (unpaired) electrons. The summed E-state index contributed by atoms with van der Waals surface area (Å²) in [7, 11) is 1.67. The normalized spacial score (nSPS) is 29.9. The van der Waals surface area contributed by atoms with E-state index in [0.717, 1.165) is 57.8 Å². The Labute approximate surface area is 228 Å². The first-order valence-corrected chi connectivity index (χ1v) is 14.4. The highest BCUT2D eigenvalue weighted by Crippen LogP contribution is 2.56. The average molecular weight is 538 g/mol. The molecule has 5 fully saturated rings. The van der Waals surface area contributed by atoms with Gasteiger partial charge in [0.1, 0.15) is 12.3 Å². The van der Waals surface area contributed by atoms with Gasteiger partial charge in [0.05, 0.1) is 29.3 Å². The third-order valence-electron chi connectivity index (χ3n) is 9.67. The van der Waals surface area contributed by atoms with Crippen LogP contribution in [-0.2, 0) is 9.53 Å². The number of nitrogens with zero attached hydrogens (tertiary/aromatic N) is 3. The van der Waals surface area contributed by atoms with Crippen LogP contribution in [0.4, 0.5) is 10.5 Å². The highest BCUT2D eigenvalue weighted by atomic mass is 16.5. The number of primary amides is 1. The number of likely N-dealkylation sites (N-methyl/N-ethyl adjacent to an activating group) is 1. The van der Waals surface area contributed by atoms with E-state index in [9.17, 15) is 19.5 Å². The molecule has 4 N–H and O–H groups in total. The fourth-order valence-corrected chi connectivity index (χ4v) is 7.99. The molecule has 0 spiro atoms. The Balaban J connectivity index is 1.18. The van der Waals surface area contributed by atoms with Crippen LogP contribution >= 0.6 is 0 Å². The maximum Gasteiger partial charge on any atom is 0.329 e. The number of ether oxygens (including phenoxy) is 1. The van der Waals surface area contributed by atoms with E-state index in [0.29, 0.717) is 40.0 Å². The van der Waals surface area contributed by atoms with Gasteiger partial charge in [-0.05, 0) is 68.8 Å². The van der Waals surface area contributed by atoms with Crippen molar-refractivity contribution in [2.24, 2.45) is 29.4 Å². The molecule has 5 atom stereocenters. The largest absolute Gasteiger partial charge is 0.464 e. The molecule has 5 saturated carbocycles. The minimum Gasteiger partial charge on any atom is -0.464 e. The lowest BCUT2D eigenvalue weighted by atomic mass is 9.52. The van der Waals surface area contributed by atoms with Crippen molar-refractivity contribution in [3.05, 3.63) is 24.0 Å². The molecule has 0 saturated heterocycles. The third-order valence-corrected chi connectivity index (χ3v) is 9.67. The second kappa shape index (κ2) is 10.1. The fourth-order valence-electron chi connectivity index (χ4n) is 7.99. The third kappa shape index (κ3) is 4.88. The van der Waals surface area contributed by atoms with Gasteiger partial charge in [-0.3, -0.25) is 14.2 Å². The molecule has 0 aromatic carbocycles. The van der Waals surface area contributed by atoms with Crippen molar-refractivity contribution in [1.29, 1.82) is 0 Å². The van der Waals surface area contributed by atoms with Crippen molar-refractivity contribution in [2.75, 3.05) is 25.5 Å². The lowest BCUT2D eigenvalue weighted by Crippen LogP contribution is -2.59. The van der Waals surface area contributed by atoms with Crippen molar-refractivity contribution >= 4 is 34.6 Å². The zero-order valence-electron chi connectivity index (χ0n) is 22.6. The van der Waals surface area contributed by atoms with E-state index in [1.165, 1.54) is 22.1 Å². The molecule has 5 aliphatic carbocycles. The number of fused-ring (bicyclic) bond motifs is 1. The molecule has 2 aromatic rings. The lowest BCUT2D eigenvalue weighted by molar-refractivity contribution is -0.149. The van der Waals surface area contributed by atoms with Crippen molar-refractivity contribution in [2.45, 2.75) is 75.9 Å². The highest BCUT2D eigenvalue weighted by Gasteiger charge is 2.54. The van der Waals surface area contributed by atoms with Crippen LogP contribution in [0.5, 0.6) is 0 Å². The summed E-state index contributed by atoms with van der Waals surface area (Å²) < 4.78 is 6.92. The van der Waals surface area contributed by atoms with Crippen LogP contribution in [0, 0.1) is 23.7 Å². The molecule has 39 heavy (non-hydrogen) atoms. The van der Waals surface area contributed by atoms with Crippen LogP contribution in [-0.4, -0.2) is 69.3 Å². The Bertz CT molecular complexity index is 1270. The molecular weight excluding hydrogens is 498 g/mol. The Morgan fingerprint density at radius 3 is 2.56 bits per heavy atom. The summed E-state index contributed by atoms with van der Waals surface area (Å²) in [5, 5.41) is 15.3. The molecule has 4 bridgehead atoms. The molecule has 7 rings (SSSR count). The van der Waals surface area contributed by atoms with E-state index in [1.54, 1.807) is 19.3 Å². The Morgan fingerprint density at radius 2 is 1.90 bits per heavy atom. The van der Waals surface area contributed by atoms with E-state index < -0.39 is 11.5 Å². The van der Waals surface area contributed by atoms with E-state index >= 15 is 0 Å². The predicted molar refractivity (Wildman–Crippen MR) is 145 cm³/mol. The standard InChI is InChI=1S/C29H39N5O5/c1-33(9-10-39-27(36)18-5-3-2-4-6-18)28(37)34-8-7-21-24(22(25(30)35)16-31-26(21)34)32-23-19-11-17-12-20(23)15-29(38,13-17)14-19/h7-8,16-20,23,38H,2-6,9-15H2,1H3,(H2,30,35)(H,31,32)/t17?,19-,20?,23?,29?/m0/s1. The number of hydrogen-bond acceptors (Lipinski definition) is 7. The zero-order chi connectivity index (χ0) is 27.3. The highest BCUT2D eigenvalue weighted by molar-refractivity contribution is 6.07. The van der Waals surface area contributed by atoms with Gasteiger partial charge in [0.2, 0.25) is 0 Å². The van der Waals surface area contributed by atoms with Crippen molar-refractivity contribution in [1.82, 2.24) is 14.5 Å². The first-order chi connectivity index (χ1) is 18.7. The number of rotatable bonds is 7. The summed E-state index contributed by atoms with van der Waals surface area (Å²) in [6.45, 7) is 0.400. The second-order valence-electron chi connectivity index (χ2n) is 12.4. The van der Waals surface area contributed by atoms with Gasteiger partial charge in [0, 0.05) is 30.9 Å². The average Bonchev–Trinajstić information content (AvgIpc) is 3.34. The number of hydrogen-bond donors (Lipinski definition) is 3. The van der Waals surface area contributed by atoms with Gasteiger partial charge in [-0.1, -0.05) is 19.3 Å². The monoisotopic (exact) mass is 537 g/mol. The van der Waals surface area contributed by atoms with Gasteiger partial charge < -0.3 is 25.8 Å². The quantitative estimate of drug-likeness (QED) is 0.459. The Morgan fingerprint density at radius 1 is 1.18 bits per heavy atom. The molecule has 2 aromatic heterocycles. The minimum atomic E-state index is -0.578. The number of anilines is 1. The molecule has 5 aliphatic rings. The van der Waals surface area contributed by atoms with Gasteiger partial charge in [-0.25, -0.2) is 9.78 Å². The summed E-state index contributed by atoms with van der Waals surface area (Å²) in [5.74, 6) is 0.447. The van der Waals surface area contributed by atoms with Crippen LogP contribution in [0.1, 0.15) is 74.6 Å². The summed E-state index contributed by atoms with van der Waals surface area (Å²) in [6, 6.07) is 1.61. The molecule has 4 unspecified atom stereocenters. The van der Waals surface area contributed by atoms with E-state index in [4.69, 9.17) is 10.5 Å². The van der Waals surface area contributed by atoms with Gasteiger partial charge in [-0.15, -0.1) is 0 Å². The van der Waals surface area contributed by atoms with Gasteiger partial charge in [0.25, 0.3) is 5.91 Å². The molecule has 2 heterocycles. The van der Waals surface area contributed by atoms with E-state index in [2.05, 4.69) is 10.3 Å². The number of amides is 2. The lowest BCUT2D eigenvalue weighted by Gasteiger charge is -2.58. The number of carbonyl (C=O) groups is 3. The number of aliphatic hydroxyl groups is 1. The molecule has 2 amide bonds. The second-order valence-corrected chi connectivity index (χ2v) is 12.4. The summed E-state index contributed by atoms with van der Waals surface area (Å²) in [4.78, 5) is 44.0. The van der Waals surface area contributed by atoms with Crippen LogP contribution < -0.4 is 11.1 Å². The topological polar surface area (TPSA) is 140 Å². The number of carbonyl (C=O) groups excluding carboxylic acids is 3. The molecule has 10 nitrogen and oxygen atoms in total. The van der Waals surface area contributed by atoms with Crippen molar-refractivity contribution in [3.63, 3.8) is 0 Å². The summed E-state index contributed by atoms with van der Waals surface area (Å²) in [6.07, 6.45) is 12.7. The smallest absolute Gasteiger partial charge is 0.329 e. The first kappa shape index (κ1) is 26.1. The van der Waals surface area contributed by atoms with Crippen LogP contribution in [0.3, 0.4) is 0 Å². The molecule has 0 aliphatic heterocycles. The number of nitrogens with one attached hydrogen (secondary N) is 1. The van der Waals surface area contributed by atoms with Crippen LogP contribution in [0.25, 0.3) is 11.0 Å². The minimum absolute atomic E-state index is 0.0277. The van der Waals surface area contributed by atoms with Gasteiger partial charge >= 0.3 is 12.0 Å². The maximum absolute atomic E-state index is 13.3. The molecular formula is C29H39N5O5. The summed E-state index contributed by atoms with van der Waals surface area (Å²) >= 11 is 0. The molecule has 10 heteroatoms. The summed E-state index contributed by atoms with van der Waals surface area (Å²) in [5.41, 5.74) is 6.52. The number of pyridine rings is 1. The zero-order valence-corrected chi connectivity index (χ0v) is 22.6. The number of nitrogens with two attached hydrogens (primary N) is 1.